The molecular formula is C18H20ClN3O3S. The first-order chi connectivity index (χ1) is 12.3. The maximum Gasteiger partial charge on any atom is 0.323 e. The van der Waals surface area contributed by atoms with Crippen LogP contribution in [0, 0.1) is 12.3 Å². The second-order valence-corrected chi connectivity index (χ2v) is 8.40. The molecule has 1 atom stereocenters. The van der Waals surface area contributed by atoms with Crippen LogP contribution in [0.5, 0.6) is 0 Å². The van der Waals surface area contributed by atoms with E-state index in [0.29, 0.717) is 23.1 Å². The predicted octanol–water partition coefficient (Wildman–Crippen LogP) is 4.02. The quantitative estimate of drug-likeness (QED) is 0.821. The number of hydrogen-bond donors (Lipinski definition) is 2. The summed E-state index contributed by atoms with van der Waals surface area (Å²) >= 11 is 7.40. The molecule has 2 heterocycles. The van der Waals surface area contributed by atoms with E-state index in [4.69, 9.17) is 11.6 Å². The molecule has 138 valence electrons. The molecule has 8 heteroatoms. The first-order valence-corrected chi connectivity index (χ1v) is 9.45. The first-order valence-electron chi connectivity index (χ1n) is 8.26. The van der Waals surface area contributed by atoms with Gasteiger partial charge in [0.2, 0.25) is 0 Å². The molecule has 1 saturated heterocycles. The van der Waals surface area contributed by atoms with E-state index < -0.39 is 11.4 Å². The van der Waals surface area contributed by atoms with Crippen molar-refractivity contribution in [3.8, 4) is 0 Å². The van der Waals surface area contributed by atoms with Crippen LogP contribution in [0.1, 0.15) is 29.3 Å². The van der Waals surface area contributed by atoms with Crippen LogP contribution in [0.3, 0.4) is 0 Å². The molecule has 0 spiro atoms. The SMILES string of the molecule is Cc1cc(Cl)ccc1Cc1cnc(NC(=O)N2CCC(C)(C(=O)O)C2)s1. The Morgan fingerprint density at radius 3 is 2.88 bits per heavy atom. The summed E-state index contributed by atoms with van der Waals surface area (Å²) in [6, 6.07) is 5.47. The molecule has 2 aromatic rings. The summed E-state index contributed by atoms with van der Waals surface area (Å²) in [6.07, 6.45) is 2.92. The molecule has 2 amide bonds. The Labute approximate surface area is 160 Å². The number of anilines is 1. The summed E-state index contributed by atoms with van der Waals surface area (Å²) in [5.41, 5.74) is 1.39. The van der Waals surface area contributed by atoms with E-state index >= 15 is 0 Å². The second-order valence-electron chi connectivity index (χ2n) is 6.85. The fraction of sp³-hybridized carbons (Fsp3) is 0.389. The molecule has 0 bridgehead atoms. The fourth-order valence-corrected chi connectivity index (χ4v) is 4.02. The zero-order valence-corrected chi connectivity index (χ0v) is 16.2. The number of likely N-dealkylation sites (tertiary alicyclic amines) is 1. The largest absolute Gasteiger partial charge is 0.481 e. The number of nitrogens with zero attached hydrogens (tertiary/aromatic N) is 2. The number of benzene rings is 1. The van der Waals surface area contributed by atoms with Crippen molar-refractivity contribution in [2.45, 2.75) is 26.7 Å². The Morgan fingerprint density at radius 2 is 2.23 bits per heavy atom. The summed E-state index contributed by atoms with van der Waals surface area (Å²) < 4.78 is 0. The minimum Gasteiger partial charge on any atom is -0.481 e. The molecule has 2 N–H and O–H groups in total. The monoisotopic (exact) mass is 393 g/mol. The number of carboxylic acids is 1. The molecule has 1 aliphatic rings. The third-order valence-corrected chi connectivity index (χ3v) is 5.86. The highest BCUT2D eigenvalue weighted by atomic mass is 35.5. The Bertz CT molecular complexity index is 854. The average Bonchev–Trinajstić information content (AvgIpc) is 3.18. The Morgan fingerprint density at radius 1 is 1.46 bits per heavy atom. The van der Waals surface area contributed by atoms with Gasteiger partial charge in [-0.2, -0.15) is 0 Å². The summed E-state index contributed by atoms with van der Waals surface area (Å²) in [5.74, 6) is -0.873. The van der Waals surface area contributed by atoms with E-state index in [1.54, 1.807) is 13.1 Å². The third kappa shape index (κ3) is 3.99. The van der Waals surface area contributed by atoms with Crippen molar-refractivity contribution in [3.63, 3.8) is 0 Å². The van der Waals surface area contributed by atoms with E-state index in [1.807, 2.05) is 25.1 Å². The Kier molecular flexibility index (Phi) is 5.20. The lowest BCUT2D eigenvalue weighted by molar-refractivity contribution is -0.146. The number of carbonyl (C=O) groups is 2. The molecule has 1 unspecified atom stereocenters. The fourth-order valence-electron chi connectivity index (χ4n) is 2.97. The minimum absolute atomic E-state index is 0.205. The van der Waals surface area contributed by atoms with Crippen molar-refractivity contribution < 1.29 is 14.7 Å². The van der Waals surface area contributed by atoms with Gasteiger partial charge in [0.15, 0.2) is 5.13 Å². The number of amides is 2. The van der Waals surface area contributed by atoms with Gasteiger partial charge in [0.25, 0.3) is 0 Å². The number of rotatable bonds is 4. The van der Waals surface area contributed by atoms with Crippen LogP contribution in [-0.2, 0) is 11.2 Å². The highest BCUT2D eigenvalue weighted by Crippen LogP contribution is 2.31. The van der Waals surface area contributed by atoms with Gasteiger partial charge in [0, 0.05) is 35.6 Å². The van der Waals surface area contributed by atoms with Crippen LogP contribution in [0.25, 0.3) is 0 Å². The Hall–Kier alpha value is -2.12. The lowest BCUT2D eigenvalue weighted by Crippen LogP contribution is -2.37. The summed E-state index contributed by atoms with van der Waals surface area (Å²) in [7, 11) is 0. The normalized spacial score (nSPS) is 19.6. The van der Waals surface area contributed by atoms with Crippen LogP contribution in [0.15, 0.2) is 24.4 Å². The molecule has 0 saturated carbocycles. The Balaban J connectivity index is 1.62. The number of aromatic nitrogens is 1. The number of nitrogens with one attached hydrogen (secondary N) is 1. The number of aryl methyl sites for hydroxylation is 1. The molecule has 0 radical (unpaired) electrons. The van der Waals surface area contributed by atoms with Gasteiger partial charge in [-0.05, 0) is 43.5 Å². The molecule has 1 aliphatic heterocycles. The zero-order chi connectivity index (χ0) is 18.9. The number of halogens is 1. The maximum absolute atomic E-state index is 12.4. The zero-order valence-electron chi connectivity index (χ0n) is 14.6. The molecule has 1 fully saturated rings. The highest BCUT2D eigenvalue weighted by molar-refractivity contribution is 7.15. The molecule has 1 aromatic carbocycles. The number of urea groups is 1. The molecular weight excluding hydrogens is 374 g/mol. The molecule has 3 rings (SSSR count). The van der Waals surface area contributed by atoms with Gasteiger partial charge >= 0.3 is 12.0 Å². The number of carboxylic acid groups (broad SMARTS) is 1. The van der Waals surface area contributed by atoms with Gasteiger partial charge in [-0.25, -0.2) is 9.78 Å². The van der Waals surface area contributed by atoms with E-state index in [1.165, 1.54) is 16.2 Å². The predicted molar refractivity (Wildman–Crippen MR) is 102 cm³/mol. The van der Waals surface area contributed by atoms with Gasteiger partial charge < -0.3 is 10.0 Å². The summed E-state index contributed by atoms with van der Waals surface area (Å²) in [5, 5.41) is 13.3. The van der Waals surface area contributed by atoms with Crippen LogP contribution in [0.2, 0.25) is 5.02 Å². The maximum atomic E-state index is 12.4. The smallest absolute Gasteiger partial charge is 0.323 e. The first kappa shape index (κ1) is 18.7. The number of thiazole rings is 1. The van der Waals surface area contributed by atoms with Crippen LogP contribution in [0.4, 0.5) is 9.93 Å². The van der Waals surface area contributed by atoms with Crippen LogP contribution < -0.4 is 5.32 Å². The van der Waals surface area contributed by atoms with Gasteiger partial charge in [-0.1, -0.05) is 17.7 Å². The molecule has 1 aromatic heterocycles. The van der Waals surface area contributed by atoms with Crippen molar-refractivity contribution in [2.24, 2.45) is 5.41 Å². The van der Waals surface area contributed by atoms with Gasteiger partial charge in [-0.15, -0.1) is 11.3 Å². The molecule has 6 nitrogen and oxygen atoms in total. The lowest BCUT2D eigenvalue weighted by atomic mass is 9.90. The number of carbonyl (C=O) groups excluding carboxylic acids is 1. The van der Waals surface area contributed by atoms with Crippen molar-refractivity contribution >= 4 is 40.1 Å². The summed E-state index contributed by atoms with van der Waals surface area (Å²) in [4.78, 5) is 30.5. The molecule has 26 heavy (non-hydrogen) atoms. The third-order valence-electron chi connectivity index (χ3n) is 4.71. The molecule has 0 aliphatic carbocycles. The van der Waals surface area contributed by atoms with E-state index in [2.05, 4.69) is 10.3 Å². The minimum atomic E-state index is -0.877. The second kappa shape index (κ2) is 7.25. The topological polar surface area (TPSA) is 82.5 Å². The number of hydrogen-bond acceptors (Lipinski definition) is 4. The van der Waals surface area contributed by atoms with E-state index in [9.17, 15) is 14.7 Å². The van der Waals surface area contributed by atoms with Crippen LogP contribution in [-0.4, -0.2) is 40.1 Å². The van der Waals surface area contributed by atoms with E-state index in [0.717, 1.165) is 22.4 Å². The highest BCUT2D eigenvalue weighted by Gasteiger charge is 2.42. The van der Waals surface area contributed by atoms with Gasteiger partial charge in [0.05, 0.1) is 5.41 Å². The van der Waals surface area contributed by atoms with Gasteiger partial charge in [-0.3, -0.25) is 10.1 Å². The lowest BCUT2D eigenvalue weighted by Gasteiger charge is -2.19. The van der Waals surface area contributed by atoms with Crippen molar-refractivity contribution in [1.82, 2.24) is 9.88 Å². The van der Waals surface area contributed by atoms with Crippen LogP contribution >= 0.6 is 22.9 Å². The van der Waals surface area contributed by atoms with Crippen molar-refractivity contribution in [3.05, 3.63) is 45.4 Å². The average molecular weight is 394 g/mol. The van der Waals surface area contributed by atoms with Crippen molar-refractivity contribution in [2.75, 3.05) is 18.4 Å². The van der Waals surface area contributed by atoms with Crippen molar-refractivity contribution in [1.29, 1.82) is 0 Å². The number of aliphatic carboxylic acids is 1. The van der Waals surface area contributed by atoms with E-state index in [-0.39, 0.29) is 12.6 Å². The summed E-state index contributed by atoms with van der Waals surface area (Å²) in [6.45, 7) is 4.31. The standard InChI is InChI=1S/C18H20ClN3O3S/c1-11-7-13(19)4-3-12(11)8-14-9-20-16(26-14)21-17(25)22-6-5-18(2,10-22)15(23)24/h3-4,7,9H,5-6,8,10H2,1-2H3,(H,23,24)(H,20,21,25). The van der Waals surface area contributed by atoms with Gasteiger partial charge in [0.1, 0.15) is 0 Å².